The SMILES string of the molecule is Cc1csc(S(=O)(=O)N(CC(C)C)c2ccc3cccc(OCc4ccc(C(=O)O)cc4)c3c2)n1. The average Bonchev–Trinajstić information content (AvgIpc) is 3.28. The van der Waals surface area contributed by atoms with Crippen LogP contribution in [0.1, 0.15) is 35.5 Å². The number of nitrogens with zero attached hydrogens (tertiary/aromatic N) is 2. The zero-order chi connectivity index (χ0) is 25.2. The summed E-state index contributed by atoms with van der Waals surface area (Å²) in [6.45, 7) is 6.28. The van der Waals surface area contributed by atoms with Gasteiger partial charge in [-0.2, -0.15) is 8.42 Å². The van der Waals surface area contributed by atoms with Crippen LogP contribution in [0.5, 0.6) is 5.75 Å². The first-order chi connectivity index (χ1) is 16.6. The van der Waals surface area contributed by atoms with Gasteiger partial charge in [0.15, 0.2) is 0 Å². The van der Waals surface area contributed by atoms with Crippen molar-refractivity contribution in [3.8, 4) is 5.75 Å². The molecular weight excluding hydrogens is 484 g/mol. The molecule has 1 aromatic heterocycles. The number of aromatic nitrogens is 1. The van der Waals surface area contributed by atoms with E-state index in [4.69, 9.17) is 9.84 Å². The molecule has 1 heterocycles. The number of hydrogen-bond donors (Lipinski definition) is 1. The van der Waals surface area contributed by atoms with Crippen molar-refractivity contribution < 1.29 is 23.1 Å². The van der Waals surface area contributed by atoms with E-state index in [1.54, 1.807) is 30.5 Å². The quantitative estimate of drug-likeness (QED) is 0.309. The van der Waals surface area contributed by atoms with Gasteiger partial charge in [-0.3, -0.25) is 4.31 Å². The van der Waals surface area contributed by atoms with Crippen LogP contribution in [0.3, 0.4) is 0 Å². The fourth-order valence-corrected chi connectivity index (χ4v) is 6.39. The fourth-order valence-electron chi connectivity index (χ4n) is 3.64. The average molecular weight is 511 g/mol. The molecule has 35 heavy (non-hydrogen) atoms. The number of aryl methyl sites for hydroxylation is 1. The van der Waals surface area contributed by atoms with E-state index in [2.05, 4.69) is 4.98 Å². The first-order valence-electron chi connectivity index (χ1n) is 11.1. The molecule has 182 valence electrons. The smallest absolute Gasteiger partial charge is 0.335 e. The molecule has 0 aliphatic heterocycles. The van der Waals surface area contributed by atoms with Gasteiger partial charge in [-0.05, 0) is 54.1 Å². The highest BCUT2D eigenvalue weighted by molar-refractivity contribution is 7.94. The van der Waals surface area contributed by atoms with E-state index in [1.165, 1.54) is 16.4 Å². The molecule has 0 spiro atoms. The lowest BCUT2D eigenvalue weighted by Gasteiger charge is -2.25. The zero-order valence-electron chi connectivity index (χ0n) is 19.6. The zero-order valence-corrected chi connectivity index (χ0v) is 21.3. The third kappa shape index (κ3) is 5.47. The van der Waals surface area contributed by atoms with Crippen molar-refractivity contribution in [2.45, 2.75) is 31.7 Å². The second-order valence-corrected chi connectivity index (χ2v) is 11.5. The van der Waals surface area contributed by atoms with Crippen molar-refractivity contribution in [3.05, 3.63) is 82.9 Å². The summed E-state index contributed by atoms with van der Waals surface area (Å²) in [7, 11) is -3.82. The molecule has 0 aliphatic carbocycles. The molecule has 7 nitrogen and oxygen atoms in total. The van der Waals surface area contributed by atoms with E-state index >= 15 is 0 Å². The van der Waals surface area contributed by atoms with Gasteiger partial charge in [-0.15, -0.1) is 11.3 Å². The third-order valence-electron chi connectivity index (χ3n) is 5.35. The van der Waals surface area contributed by atoms with Gasteiger partial charge >= 0.3 is 5.97 Å². The lowest BCUT2D eigenvalue weighted by molar-refractivity contribution is 0.0697. The monoisotopic (exact) mass is 510 g/mol. The molecular formula is C26H26N2O5S2. The summed E-state index contributed by atoms with van der Waals surface area (Å²) in [6, 6.07) is 17.7. The second kappa shape index (κ2) is 10.1. The molecule has 4 aromatic rings. The number of carboxylic acid groups (broad SMARTS) is 1. The molecule has 0 saturated carbocycles. The van der Waals surface area contributed by atoms with Crippen LogP contribution >= 0.6 is 11.3 Å². The Bertz CT molecular complexity index is 1460. The van der Waals surface area contributed by atoms with Gasteiger partial charge in [0.25, 0.3) is 10.0 Å². The van der Waals surface area contributed by atoms with Crippen molar-refractivity contribution in [3.63, 3.8) is 0 Å². The van der Waals surface area contributed by atoms with Crippen LogP contribution in [0.15, 0.2) is 70.4 Å². The van der Waals surface area contributed by atoms with Crippen LogP contribution in [0.25, 0.3) is 10.8 Å². The minimum atomic E-state index is -3.82. The standard InChI is InChI=1S/C26H26N2O5S2/c1-17(2)14-28(35(31,32)26-27-18(3)16-34-26)22-12-11-20-5-4-6-24(23(20)13-22)33-15-19-7-9-21(10-8-19)25(29)30/h4-13,16-17H,14-15H2,1-3H3,(H,29,30). The highest BCUT2D eigenvalue weighted by Gasteiger charge is 2.29. The topological polar surface area (TPSA) is 96.8 Å². The van der Waals surface area contributed by atoms with Crippen molar-refractivity contribution in [2.24, 2.45) is 5.92 Å². The van der Waals surface area contributed by atoms with Gasteiger partial charge in [-0.25, -0.2) is 9.78 Å². The molecule has 0 atom stereocenters. The number of carboxylic acids is 1. The molecule has 0 radical (unpaired) electrons. The van der Waals surface area contributed by atoms with E-state index < -0.39 is 16.0 Å². The molecule has 3 aromatic carbocycles. The first kappa shape index (κ1) is 24.7. The van der Waals surface area contributed by atoms with Gasteiger partial charge in [0.05, 0.1) is 11.3 Å². The van der Waals surface area contributed by atoms with E-state index in [1.807, 2.05) is 44.2 Å². The molecule has 9 heteroatoms. The molecule has 0 bridgehead atoms. The number of thiazole rings is 1. The Labute approximate surface area is 208 Å². The Morgan fingerprint density at radius 2 is 1.86 bits per heavy atom. The summed E-state index contributed by atoms with van der Waals surface area (Å²) >= 11 is 1.12. The van der Waals surface area contributed by atoms with Gasteiger partial charge in [-0.1, -0.05) is 44.2 Å². The van der Waals surface area contributed by atoms with Crippen molar-refractivity contribution in [1.82, 2.24) is 4.98 Å². The normalized spacial score (nSPS) is 11.7. The molecule has 0 saturated heterocycles. The summed E-state index contributed by atoms with van der Waals surface area (Å²) < 4.78 is 34.5. The van der Waals surface area contributed by atoms with Crippen molar-refractivity contribution in [1.29, 1.82) is 0 Å². The van der Waals surface area contributed by atoms with Crippen molar-refractivity contribution >= 4 is 43.8 Å². The third-order valence-corrected chi connectivity index (χ3v) is 8.49. The Balaban J connectivity index is 1.69. The van der Waals surface area contributed by atoms with Crippen LogP contribution in [0.2, 0.25) is 0 Å². The Morgan fingerprint density at radius 1 is 1.11 bits per heavy atom. The number of rotatable bonds is 9. The summed E-state index contributed by atoms with van der Waals surface area (Å²) in [4.78, 5) is 15.3. The number of carbonyl (C=O) groups is 1. The maximum atomic E-state index is 13.5. The number of hydrogen-bond acceptors (Lipinski definition) is 6. The highest BCUT2D eigenvalue weighted by atomic mass is 32.2. The molecule has 0 unspecified atom stereocenters. The van der Waals surface area contributed by atoms with E-state index in [-0.39, 0.29) is 22.4 Å². The maximum Gasteiger partial charge on any atom is 0.335 e. The van der Waals surface area contributed by atoms with Crippen LogP contribution < -0.4 is 9.04 Å². The Morgan fingerprint density at radius 3 is 2.49 bits per heavy atom. The largest absolute Gasteiger partial charge is 0.488 e. The van der Waals surface area contributed by atoms with Gasteiger partial charge in [0.1, 0.15) is 12.4 Å². The molecule has 1 N–H and O–H groups in total. The van der Waals surface area contributed by atoms with Crippen molar-refractivity contribution in [2.75, 3.05) is 10.8 Å². The van der Waals surface area contributed by atoms with E-state index in [0.29, 0.717) is 23.7 Å². The fraction of sp³-hybridized carbons (Fsp3) is 0.231. The summed E-state index contributed by atoms with van der Waals surface area (Å²) in [5.41, 5.74) is 2.25. The van der Waals surface area contributed by atoms with E-state index in [0.717, 1.165) is 27.7 Å². The maximum absolute atomic E-state index is 13.5. The number of sulfonamides is 1. The highest BCUT2D eigenvalue weighted by Crippen LogP contribution is 2.33. The second-order valence-electron chi connectivity index (χ2n) is 8.64. The molecule has 0 aliphatic rings. The predicted octanol–water partition coefficient (Wildman–Crippen LogP) is 5.73. The summed E-state index contributed by atoms with van der Waals surface area (Å²) in [5, 5.41) is 12.5. The molecule has 0 amide bonds. The van der Waals surface area contributed by atoms with Gasteiger partial charge < -0.3 is 9.84 Å². The van der Waals surface area contributed by atoms with E-state index in [9.17, 15) is 13.2 Å². The van der Waals surface area contributed by atoms with Crippen LogP contribution in [-0.4, -0.2) is 31.0 Å². The summed E-state index contributed by atoms with van der Waals surface area (Å²) in [6.07, 6.45) is 0. The first-order valence-corrected chi connectivity index (χ1v) is 13.4. The molecule has 0 fully saturated rings. The minimum Gasteiger partial charge on any atom is -0.488 e. The van der Waals surface area contributed by atoms with Crippen LogP contribution in [0.4, 0.5) is 5.69 Å². The minimum absolute atomic E-state index is 0.0742. The number of ether oxygens (including phenoxy) is 1. The number of aromatic carboxylic acids is 1. The van der Waals surface area contributed by atoms with Gasteiger partial charge in [0, 0.05) is 23.0 Å². The predicted molar refractivity (Wildman–Crippen MR) is 138 cm³/mol. The molecule has 4 rings (SSSR count). The van der Waals surface area contributed by atoms with Crippen LogP contribution in [0, 0.1) is 12.8 Å². The Hall–Kier alpha value is -3.43. The lowest BCUT2D eigenvalue weighted by atomic mass is 10.1. The van der Waals surface area contributed by atoms with Crippen LogP contribution in [-0.2, 0) is 16.6 Å². The lowest BCUT2D eigenvalue weighted by Crippen LogP contribution is -2.34. The van der Waals surface area contributed by atoms with Gasteiger partial charge in [0.2, 0.25) is 4.34 Å². The number of benzene rings is 3. The Kier molecular flexibility index (Phi) is 7.09. The number of anilines is 1. The number of fused-ring (bicyclic) bond motifs is 1. The summed E-state index contributed by atoms with van der Waals surface area (Å²) in [5.74, 6) is -0.270.